The van der Waals surface area contributed by atoms with Gasteiger partial charge in [0.05, 0.1) is 37.5 Å². The first kappa shape index (κ1) is 38.6. The van der Waals surface area contributed by atoms with Gasteiger partial charge in [0.2, 0.25) is 11.8 Å². The molecule has 0 aliphatic carbocycles. The second-order valence-electron chi connectivity index (χ2n) is 10.4. The molecule has 12 nitrogen and oxygen atoms in total. The van der Waals surface area contributed by atoms with Gasteiger partial charge < -0.3 is 24.1 Å². The predicted molar refractivity (Wildman–Crippen MR) is 182 cm³/mol. The highest BCUT2D eigenvalue weighted by Gasteiger charge is 2.28. The van der Waals surface area contributed by atoms with Gasteiger partial charge >= 0.3 is 11.9 Å². The molecular formula is C32H34Cl4N4O8. The molecule has 0 atom stereocenters. The number of esters is 2. The zero-order valence-corrected chi connectivity index (χ0v) is 29.9. The second kappa shape index (κ2) is 17.5. The van der Waals surface area contributed by atoms with Gasteiger partial charge in [-0.1, -0.05) is 46.4 Å². The van der Waals surface area contributed by atoms with E-state index in [9.17, 15) is 19.5 Å². The standard InChI is InChI=1S/C16H18Cl2N2O4.C16H16Cl2N2O4/c2*1-4-23-16(22)14-13(8-21)15(20(19-14)9(2)3)24-12-6-10(17)5-11(18)7-12/h5-7,9,21H,4,8H2,1-3H3;5-9H,4H2,1-3H3. The van der Waals surface area contributed by atoms with Crippen LogP contribution in [0.25, 0.3) is 0 Å². The Hall–Kier alpha value is -3.81. The smallest absolute Gasteiger partial charge is 0.359 e. The van der Waals surface area contributed by atoms with E-state index in [1.807, 2.05) is 27.7 Å². The van der Waals surface area contributed by atoms with Crippen LogP contribution >= 0.6 is 46.4 Å². The summed E-state index contributed by atoms with van der Waals surface area (Å²) in [6.07, 6.45) is 0.514. The zero-order chi connectivity index (χ0) is 35.7. The van der Waals surface area contributed by atoms with Crippen molar-refractivity contribution in [3.8, 4) is 23.3 Å². The van der Waals surface area contributed by atoms with E-state index in [0.717, 1.165) is 0 Å². The lowest BCUT2D eigenvalue weighted by Gasteiger charge is -2.13. The quantitative estimate of drug-likeness (QED) is 0.110. The second-order valence-corrected chi connectivity index (χ2v) is 12.2. The third kappa shape index (κ3) is 9.64. The zero-order valence-electron chi connectivity index (χ0n) is 26.9. The minimum Gasteiger partial charge on any atom is -0.461 e. The fraction of sp³-hybridized carbons (Fsp3) is 0.344. The van der Waals surface area contributed by atoms with E-state index < -0.39 is 18.5 Å². The molecule has 0 bridgehead atoms. The summed E-state index contributed by atoms with van der Waals surface area (Å²) in [6, 6.07) is 9.12. The van der Waals surface area contributed by atoms with Gasteiger partial charge in [0.1, 0.15) is 17.1 Å². The van der Waals surface area contributed by atoms with Gasteiger partial charge in [-0.3, -0.25) is 4.79 Å². The van der Waals surface area contributed by atoms with Crippen LogP contribution in [-0.4, -0.2) is 56.1 Å². The summed E-state index contributed by atoms with van der Waals surface area (Å²) in [5, 5.41) is 19.7. The summed E-state index contributed by atoms with van der Waals surface area (Å²) in [6.45, 7) is 10.8. The van der Waals surface area contributed by atoms with Crippen molar-refractivity contribution in [1.29, 1.82) is 0 Å². The van der Waals surface area contributed by atoms with Crippen molar-refractivity contribution in [1.82, 2.24) is 19.6 Å². The molecule has 2 aromatic heterocycles. The third-order valence-corrected chi connectivity index (χ3v) is 7.03. The number of benzene rings is 2. The molecule has 0 radical (unpaired) electrons. The lowest BCUT2D eigenvalue weighted by Crippen LogP contribution is -2.09. The van der Waals surface area contributed by atoms with E-state index in [1.165, 1.54) is 9.36 Å². The van der Waals surface area contributed by atoms with Crippen LogP contribution in [0.1, 0.15) is 90.5 Å². The number of carbonyl (C=O) groups is 3. The summed E-state index contributed by atoms with van der Waals surface area (Å²) in [7, 11) is 0. The lowest BCUT2D eigenvalue weighted by molar-refractivity contribution is 0.0506. The number of carbonyl (C=O) groups excluding carboxylic acids is 3. The maximum absolute atomic E-state index is 12.1. The Bertz CT molecular complexity index is 1730. The van der Waals surface area contributed by atoms with E-state index in [2.05, 4.69) is 10.2 Å². The number of aliphatic hydroxyl groups is 1. The number of ether oxygens (including phenoxy) is 4. The van der Waals surface area contributed by atoms with Gasteiger partial charge in [0, 0.05) is 20.1 Å². The van der Waals surface area contributed by atoms with E-state index in [-0.39, 0.29) is 59.6 Å². The van der Waals surface area contributed by atoms with Crippen molar-refractivity contribution in [2.24, 2.45) is 0 Å². The lowest BCUT2D eigenvalue weighted by atomic mass is 10.2. The largest absolute Gasteiger partial charge is 0.461 e. The Kier molecular flexibility index (Phi) is 14.1. The monoisotopic (exact) mass is 742 g/mol. The van der Waals surface area contributed by atoms with Gasteiger partial charge in [0.25, 0.3) is 0 Å². The van der Waals surface area contributed by atoms with Crippen LogP contribution in [0.3, 0.4) is 0 Å². The van der Waals surface area contributed by atoms with Gasteiger partial charge in [0.15, 0.2) is 17.7 Å². The average Bonchev–Trinajstić information content (AvgIpc) is 3.55. The number of halogens is 4. The predicted octanol–water partition coefficient (Wildman–Crippen LogP) is 8.78. The highest BCUT2D eigenvalue weighted by atomic mass is 35.5. The number of aldehydes is 1. The summed E-state index contributed by atoms with van der Waals surface area (Å²) >= 11 is 23.9. The number of hydrogen-bond donors (Lipinski definition) is 1. The Morgan fingerprint density at radius 3 is 1.52 bits per heavy atom. The molecule has 0 amide bonds. The van der Waals surface area contributed by atoms with Crippen LogP contribution in [0.2, 0.25) is 20.1 Å². The Labute approximate surface area is 297 Å². The molecule has 2 heterocycles. The van der Waals surface area contributed by atoms with Gasteiger partial charge in [-0.15, -0.1) is 0 Å². The number of aromatic nitrogens is 4. The minimum absolute atomic E-state index is 0.0123. The molecule has 48 heavy (non-hydrogen) atoms. The SMILES string of the molecule is CCOC(=O)c1nn(C(C)C)c(Oc2cc(Cl)cc(Cl)c2)c1C=O.CCOC(=O)c1nn(C(C)C)c(Oc2cc(Cl)cc(Cl)c2)c1CO. The summed E-state index contributed by atoms with van der Waals surface area (Å²) in [5.41, 5.74) is 0.191. The first-order valence-corrected chi connectivity index (χ1v) is 16.2. The van der Waals surface area contributed by atoms with Crippen LogP contribution in [0.4, 0.5) is 0 Å². The van der Waals surface area contributed by atoms with Gasteiger partial charge in [-0.05, 0) is 77.9 Å². The molecule has 2 aromatic carbocycles. The van der Waals surface area contributed by atoms with Crippen molar-refractivity contribution in [2.45, 2.75) is 60.2 Å². The first-order chi connectivity index (χ1) is 22.7. The molecule has 4 rings (SSSR count). The van der Waals surface area contributed by atoms with Crippen LogP contribution in [0.5, 0.6) is 23.3 Å². The summed E-state index contributed by atoms with van der Waals surface area (Å²) in [4.78, 5) is 35.6. The van der Waals surface area contributed by atoms with Crippen LogP contribution < -0.4 is 9.47 Å². The van der Waals surface area contributed by atoms with Crippen molar-refractivity contribution >= 4 is 64.6 Å². The Morgan fingerprint density at radius 2 is 1.12 bits per heavy atom. The molecule has 4 aromatic rings. The number of nitrogens with zero attached hydrogens (tertiary/aromatic N) is 4. The average molecular weight is 744 g/mol. The Balaban J connectivity index is 0.000000260. The molecule has 1 N–H and O–H groups in total. The molecule has 0 spiro atoms. The molecule has 0 saturated carbocycles. The number of hydrogen-bond acceptors (Lipinski definition) is 10. The Morgan fingerprint density at radius 1 is 0.729 bits per heavy atom. The number of rotatable bonds is 12. The fourth-order valence-electron chi connectivity index (χ4n) is 4.16. The molecular weight excluding hydrogens is 710 g/mol. The molecule has 16 heteroatoms. The fourth-order valence-corrected chi connectivity index (χ4v) is 5.17. The maximum atomic E-state index is 12.1. The van der Waals surface area contributed by atoms with Crippen molar-refractivity contribution in [3.05, 3.63) is 79.0 Å². The molecule has 0 unspecified atom stereocenters. The van der Waals surface area contributed by atoms with E-state index in [0.29, 0.717) is 37.9 Å². The van der Waals surface area contributed by atoms with Crippen LogP contribution in [0, 0.1) is 0 Å². The van der Waals surface area contributed by atoms with Crippen LogP contribution in [0.15, 0.2) is 36.4 Å². The topological polar surface area (TPSA) is 144 Å². The number of aliphatic hydroxyl groups excluding tert-OH is 1. The van der Waals surface area contributed by atoms with Crippen molar-refractivity contribution in [2.75, 3.05) is 13.2 Å². The molecule has 0 saturated heterocycles. The molecule has 0 fully saturated rings. The maximum Gasteiger partial charge on any atom is 0.359 e. The summed E-state index contributed by atoms with van der Waals surface area (Å²) < 4.78 is 24.4. The third-order valence-electron chi connectivity index (χ3n) is 6.15. The van der Waals surface area contributed by atoms with E-state index in [1.54, 1.807) is 50.2 Å². The van der Waals surface area contributed by atoms with Crippen molar-refractivity contribution < 1.29 is 38.4 Å². The van der Waals surface area contributed by atoms with Crippen molar-refractivity contribution in [3.63, 3.8) is 0 Å². The normalized spacial score (nSPS) is 10.9. The molecule has 0 aliphatic heterocycles. The molecule has 258 valence electrons. The highest BCUT2D eigenvalue weighted by Crippen LogP contribution is 2.35. The van der Waals surface area contributed by atoms with E-state index >= 15 is 0 Å². The first-order valence-electron chi connectivity index (χ1n) is 14.7. The van der Waals surface area contributed by atoms with E-state index in [4.69, 9.17) is 65.4 Å². The summed E-state index contributed by atoms with van der Waals surface area (Å²) in [5.74, 6) is -0.231. The molecule has 0 aliphatic rings. The minimum atomic E-state index is -0.687. The highest BCUT2D eigenvalue weighted by molar-refractivity contribution is 6.35. The van der Waals surface area contributed by atoms with Gasteiger partial charge in [-0.25, -0.2) is 19.0 Å². The van der Waals surface area contributed by atoms with Gasteiger partial charge in [-0.2, -0.15) is 10.2 Å². The van der Waals surface area contributed by atoms with Crippen LogP contribution in [-0.2, 0) is 16.1 Å².